The smallest absolute Gasteiger partial charge is 0.221 e. The number of carbonyl (C=O) groups is 1. The highest BCUT2D eigenvalue weighted by molar-refractivity contribution is 5.85. The van der Waals surface area contributed by atoms with Crippen LogP contribution in [0.4, 0.5) is 0 Å². The van der Waals surface area contributed by atoms with Gasteiger partial charge in [0.2, 0.25) is 5.91 Å². The average molecular weight is 174 g/mol. The number of hydrogen-bond donors (Lipinski definition) is 2. The fourth-order valence-electron chi connectivity index (χ4n) is 1.30. The van der Waals surface area contributed by atoms with Crippen LogP contribution in [0.1, 0.15) is 5.56 Å². The van der Waals surface area contributed by atoms with E-state index in [0.29, 0.717) is 0 Å². The molecule has 2 rings (SSSR count). The van der Waals surface area contributed by atoms with Gasteiger partial charge in [-0.3, -0.25) is 4.79 Å². The second-order valence-electron chi connectivity index (χ2n) is 2.81. The number of aromatic amines is 1. The lowest BCUT2D eigenvalue weighted by molar-refractivity contribution is -0.117. The Labute approximate surface area is 74.8 Å². The molecule has 0 atom stereocenters. The lowest BCUT2D eigenvalue weighted by atomic mass is 10.1. The Morgan fingerprint density at radius 3 is 3.23 bits per heavy atom. The van der Waals surface area contributed by atoms with Crippen LogP contribution in [0.15, 0.2) is 18.2 Å². The SMILES string of the molecule is NC(=O)Cc1cccc2[nH][c]nc12. The van der Waals surface area contributed by atoms with E-state index in [1.165, 1.54) is 0 Å². The molecule has 0 saturated heterocycles. The van der Waals surface area contributed by atoms with Crippen LogP contribution in [0.3, 0.4) is 0 Å². The number of hydrogen-bond acceptors (Lipinski definition) is 2. The van der Waals surface area contributed by atoms with E-state index in [0.717, 1.165) is 16.6 Å². The van der Waals surface area contributed by atoms with E-state index in [9.17, 15) is 4.79 Å². The van der Waals surface area contributed by atoms with Gasteiger partial charge in [0.25, 0.3) is 0 Å². The highest BCUT2D eigenvalue weighted by Gasteiger charge is 2.05. The van der Waals surface area contributed by atoms with Gasteiger partial charge in [0.05, 0.1) is 17.5 Å². The zero-order valence-electron chi connectivity index (χ0n) is 6.87. The maximum Gasteiger partial charge on any atom is 0.221 e. The number of primary amides is 1. The van der Waals surface area contributed by atoms with E-state index >= 15 is 0 Å². The molecule has 1 amide bonds. The third-order valence-electron chi connectivity index (χ3n) is 1.84. The summed E-state index contributed by atoms with van der Waals surface area (Å²) < 4.78 is 0. The zero-order valence-corrected chi connectivity index (χ0v) is 6.87. The van der Waals surface area contributed by atoms with E-state index in [2.05, 4.69) is 16.3 Å². The van der Waals surface area contributed by atoms with Crippen molar-refractivity contribution in [3.05, 3.63) is 30.1 Å². The molecular formula is C9H8N3O. The molecule has 4 heteroatoms. The van der Waals surface area contributed by atoms with Crippen molar-refractivity contribution in [2.45, 2.75) is 6.42 Å². The molecule has 1 aromatic carbocycles. The summed E-state index contributed by atoms with van der Waals surface area (Å²) in [5, 5.41) is 0. The highest BCUT2D eigenvalue weighted by Crippen LogP contribution is 2.14. The molecule has 1 radical (unpaired) electrons. The first-order chi connectivity index (χ1) is 6.27. The summed E-state index contributed by atoms with van der Waals surface area (Å²) in [6, 6.07) is 5.57. The molecule has 0 saturated carbocycles. The van der Waals surface area contributed by atoms with Crippen molar-refractivity contribution in [2.75, 3.05) is 0 Å². The summed E-state index contributed by atoms with van der Waals surface area (Å²) in [7, 11) is 0. The van der Waals surface area contributed by atoms with Gasteiger partial charge >= 0.3 is 0 Å². The Bertz CT molecular complexity index is 447. The van der Waals surface area contributed by atoms with Gasteiger partial charge in [0.1, 0.15) is 0 Å². The number of fused-ring (bicyclic) bond motifs is 1. The van der Waals surface area contributed by atoms with Crippen LogP contribution in [0.5, 0.6) is 0 Å². The van der Waals surface area contributed by atoms with Gasteiger partial charge in [0.15, 0.2) is 6.33 Å². The summed E-state index contributed by atoms with van der Waals surface area (Å²) in [6.07, 6.45) is 2.84. The maximum atomic E-state index is 10.7. The fourth-order valence-corrected chi connectivity index (χ4v) is 1.30. The molecule has 2 aromatic rings. The number of imidazole rings is 1. The minimum atomic E-state index is -0.351. The van der Waals surface area contributed by atoms with Crippen LogP contribution in [-0.4, -0.2) is 15.9 Å². The number of nitrogens with zero attached hydrogens (tertiary/aromatic N) is 1. The molecule has 0 unspecified atom stereocenters. The fraction of sp³-hybridized carbons (Fsp3) is 0.111. The van der Waals surface area contributed by atoms with Crippen molar-refractivity contribution in [3.63, 3.8) is 0 Å². The predicted octanol–water partition coefficient (Wildman–Crippen LogP) is 0.391. The number of nitrogens with one attached hydrogen (secondary N) is 1. The van der Waals surface area contributed by atoms with Gasteiger partial charge in [-0.25, -0.2) is 4.98 Å². The molecular weight excluding hydrogens is 166 g/mol. The largest absolute Gasteiger partial charge is 0.369 e. The Balaban J connectivity index is 2.54. The van der Waals surface area contributed by atoms with Crippen LogP contribution in [0.25, 0.3) is 11.0 Å². The van der Waals surface area contributed by atoms with E-state index in [-0.39, 0.29) is 12.3 Å². The minimum Gasteiger partial charge on any atom is -0.369 e. The number of rotatable bonds is 2. The van der Waals surface area contributed by atoms with E-state index in [1.54, 1.807) is 0 Å². The Hall–Kier alpha value is -1.84. The first-order valence-corrected chi connectivity index (χ1v) is 3.89. The summed E-state index contributed by atoms with van der Waals surface area (Å²) in [5.41, 5.74) is 7.57. The standard InChI is InChI=1S/C9H8N3O/c10-8(13)4-6-2-1-3-7-9(6)12-5-11-7/h1-3H,4H2,(H2,10,13)(H,11,12). The molecule has 1 aromatic heterocycles. The monoisotopic (exact) mass is 174 g/mol. The number of benzene rings is 1. The number of nitrogens with two attached hydrogens (primary N) is 1. The molecule has 0 fully saturated rings. The lowest BCUT2D eigenvalue weighted by Gasteiger charge is -1.97. The second kappa shape index (κ2) is 2.90. The number of para-hydroxylation sites is 1. The van der Waals surface area contributed by atoms with Gasteiger partial charge in [-0.05, 0) is 11.6 Å². The molecule has 1 heterocycles. The summed E-state index contributed by atoms with van der Waals surface area (Å²) in [5.74, 6) is -0.351. The highest BCUT2D eigenvalue weighted by atomic mass is 16.1. The second-order valence-corrected chi connectivity index (χ2v) is 2.81. The maximum absolute atomic E-state index is 10.7. The zero-order chi connectivity index (χ0) is 9.26. The van der Waals surface area contributed by atoms with Gasteiger partial charge in [-0.15, -0.1) is 0 Å². The number of amides is 1. The van der Waals surface area contributed by atoms with Gasteiger partial charge < -0.3 is 10.7 Å². The van der Waals surface area contributed by atoms with Gasteiger partial charge in [-0.2, -0.15) is 0 Å². The van der Waals surface area contributed by atoms with Crippen LogP contribution in [-0.2, 0) is 11.2 Å². The van der Waals surface area contributed by atoms with Crippen molar-refractivity contribution < 1.29 is 4.79 Å². The Kier molecular flexibility index (Phi) is 1.73. The minimum absolute atomic E-state index is 0.218. The van der Waals surface area contributed by atoms with Crippen molar-refractivity contribution in [1.82, 2.24) is 9.97 Å². The molecule has 4 nitrogen and oxygen atoms in total. The van der Waals surface area contributed by atoms with Crippen molar-refractivity contribution in [2.24, 2.45) is 5.73 Å². The van der Waals surface area contributed by atoms with Crippen LogP contribution < -0.4 is 5.73 Å². The van der Waals surface area contributed by atoms with Crippen LogP contribution in [0, 0.1) is 6.33 Å². The van der Waals surface area contributed by atoms with Gasteiger partial charge in [-0.1, -0.05) is 12.1 Å². The van der Waals surface area contributed by atoms with Gasteiger partial charge in [0, 0.05) is 0 Å². The van der Waals surface area contributed by atoms with Crippen molar-refractivity contribution in [1.29, 1.82) is 0 Å². The summed E-state index contributed by atoms with van der Waals surface area (Å²) in [4.78, 5) is 17.5. The number of H-pyrrole nitrogens is 1. The first-order valence-electron chi connectivity index (χ1n) is 3.89. The molecule has 13 heavy (non-hydrogen) atoms. The predicted molar refractivity (Wildman–Crippen MR) is 47.8 cm³/mol. The average Bonchev–Trinajstić information content (AvgIpc) is 2.51. The topological polar surface area (TPSA) is 71.8 Å². The number of carbonyl (C=O) groups excluding carboxylic acids is 1. The van der Waals surface area contributed by atoms with Crippen molar-refractivity contribution >= 4 is 16.9 Å². The molecule has 0 spiro atoms. The Morgan fingerprint density at radius 1 is 1.62 bits per heavy atom. The Morgan fingerprint density at radius 2 is 2.46 bits per heavy atom. The van der Waals surface area contributed by atoms with Crippen LogP contribution >= 0.6 is 0 Å². The molecule has 0 aliphatic heterocycles. The van der Waals surface area contributed by atoms with E-state index in [4.69, 9.17) is 5.73 Å². The summed E-state index contributed by atoms with van der Waals surface area (Å²) in [6.45, 7) is 0. The molecule has 3 N–H and O–H groups in total. The van der Waals surface area contributed by atoms with Crippen LogP contribution in [0.2, 0.25) is 0 Å². The normalized spacial score (nSPS) is 10.5. The van der Waals surface area contributed by atoms with E-state index < -0.39 is 0 Å². The lowest BCUT2D eigenvalue weighted by Crippen LogP contribution is -2.13. The van der Waals surface area contributed by atoms with Crippen molar-refractivity contribution in [3.8, 4) is 0 Å². The molecule has 0 aliphatic carbocycles. The first kappa shape index (κ1) is 7.79. The third-order valence-corrected chi connectivity index (χ3v) is 1.84. The number of aromatic nitrogens is 2. The summed E-state index contributed by atoms with van der Waals surface area (Å²) >= 11 is 0. The molecule has 65 valence electrons. The quantitative estimate of drug-likeness (QED) is 0.691. The van der Waals surface area contributed by atoms with E-state index in [1.807, 2.05) is 18.2 Å². The molecule has 0 aliphatic rings. The molecule has 0 bridgehead atoms. The third kappa shape index (κ3) is 1.38.